The van der Waals surface area contributed by atoms with Crippen LogP contribution in [0.4, 0.5) is 5.82 Å². The molecule has 2 aromatic rings. The molecule has 0 N–H and O–H groups in total. The van der Waals surface area contributed by atoms with E-state index in [0.717, 1.165) is 56.0 Å². The summed E-state index contributed by atoms with van der Waals surface area (Å²) in [7, 11) is 2.02. The van der Waals surface area contributed by atoms with Crippen molar-refractivity contribution in [3.63, 3.8) is 0 Å². The van der Waals surface area contributed by atoms with Gasteiger partial charge in [-0.2, -0.15) is 0 Å². The zero-order valence-electron chi connectivity index (χ0n) is 14.0. The van der Waals surface area contributed by atoms with E-state index in [1.165, 1.54) is 12.8 Å². The molecule has 0 spiro atoms. The van der Waals surface area contributed by atoms with E-state index in [4.69, 9.17) is 4.74 Å². The quantitative estimate of drug-likeness (QED) is 0.664. The fraction of sp³-hybridized carbons (Fsp3) is 0.588. The summed E-state index contributed by atoms with van der Waals surface area (Å²) in [6.45, 7) is 5.27. The summed E-state index contributed by atoms with van der Waals surface area (Å²) in [6.07, 6.45) is 9.05. The smallest absolute Gasteiger partial charge is 0.132 e. The number of anilines is 1. The third kappa shape index (κ3) is 4.51. The number of hydrogen-bond donors (Lipinski definition) is 0. The number of aryl methyl sites for hydroxylation is 2. The van der Waals surface area contributed by atoms with Crippen LogP contribution in [0.15, 0.2) is 24.8 Å². The van der Waals surface area contributed by atoms with E-state index in [9.17, 15) is 0 Å². The summed E-state index contributed by atoms with van der Waals surface area (Å²) >= 11 is 0. The molecule has 0 aromatic carbocycles. The van der Waals surface area contributed by atoms with E-state index in [1.54, 1.807) is 0 Å². The van der Waals surface area contributed by atoms with E-state index in [-0.39, 0.29) is 0 Å². The topological polar surface area (TPSA) is 56.1 Å². The third-order valence-corrected chi connectivity index (χ3v) is 4.16. The van der Waals surface area contributed by atoms with Crippen molar-refractivity contribution in [1.82, 2.24) is 19.5 Å². The van der Waals surface area contributed by atoms with Gasteiger partial charge in [-0.05, 0) is 24.8 Å². The lowest BCUT2D eigenvalue weighted by Crippen LogP contribution is -2.29. The van der Waals surface area contributed by atoms with Crippen molar-refractivity contribution in [2.45, 2.75) is 32.7 Å². The first kappa shape index (κ1) is 15.9. The summed E-state index contributed by atoms with van der Waals surface area (Å²) in [4.78, 5) is 15.4. The average molecular weight is 315 g/mol. The molecule has 0 atom stereocenters. The Morgan fingerprint density at radius 3 is 2.96 bits per heavy atom. The Hall–Kier alpha value is -1.95. The van der Waals surface area contributed by atoms with Gasteiger partial charge in [-0.15, -0.1) is 0 Å². The van der Waals surface area contributed by atoms with E-state index < -0.39 is 0 Å². The van der Waals surface area contributed by atoms with Crippen LogP contribution in [0.25, 0.3) is 0 Å². The molecule has 2 heterocycles. The second kappa shape index (κ2) is 7.55. The van der Waals surface area contributed by atoms with Crippen molar-refractivity contribution in [3.05, 3.63) is 36.3 Å². The number of rotatable bonds is 9. The molecule has 6 nitrogen and oxygen atoms in total. The van der Waals surface area contributed by atoms with Crippen LogP contribution in [0.3, 0.4) is 0 Å². The van der Waals surface area contributed by atoms with Gasteiger partial charge in [-0.25, -0.2) is 15.0 Å². The van der Waals surface area contributed by atoms with E-state index in [1.807, 2.05) is 36.4 Å². The summed E-state index contributed by atoms with van der Waals surface area (Å²) in [5, 5.41) is 0. The highest BCUT2D eigenvalue weighted by atomic mass is 16.5. The van der Waals surface area contributed by atoms with Gasteiger partial charge in [-0.3, -0.25) is 0 Å². The molecule has 0 bridgehead atoms. The Kier molecular flexibility index (Phi) is 5.23. The van der Waals surface area contributed by atoms with Gasteiger partial charge in [-0.1, -0.05) is 6.92 Å². The zero-order valence-corrected chi connectivity index (χ0v) is 14.0. The Balaban J connectivity index is 1.67. The van der Waals surface area contributed by atoms with Crippen LogP contribution >= 0.6 is 0 Å². The number of aromatic nitrogens is 4. The van der Waals surface area contributed by atoms with Gasteiger partial charge in [0.25, 0.3) is 0 Å². The van der Waals surface area contributed by atoms with Crippen LogP contribution in [0.1, 0.15) is 31.3 Å². The lowest BCUT2D eigenvalue weighted by atomic mass is 10.3. The molecule has 1 saturated carbocycles. The van der Waals surface area contributed by atoms with Gasteiger partial charge >= 0.3 is 0 Å². The van der Waals surface area contributed by atoms with Gasteiger partial charge in [0.1, 0.15) is 11.6 Å². The van der Waals surface area contributed by atoms with Crippen molar-refractivity contribution >= 4 is 5.82 Å². The predicted octanol–water partition coefficient (Wildman–Crippen LogP) is 2.21. The summed E-state index contributed by atoms with van der Waals surface area (Å²) in [6, 6.07) is 1.97. The molecular weight excluding hydrogens is 290 g/mol. The lowest BCUT2D eigenvalue weighted by Gasteiger charge is -2.24. The normalized spacial score (nSPS) is 14.2. The van der Waals surface area contributed by atoms with E-state index >= 15 is 0 Å². The van der Waals surface area contributed by atoms with Crippen LogP contribution in [-0.4, -0.2) is 39.3 Å². The summed E-state index contributed by atoms with van der Waals surface area (Å²) in [5.74, 6) is 2.62. The first-order valence-corrected chi connectivity index (χ1v) is 8.36. The summed E-state index contributed by atoms with van der Waals surface area (Å²) in [5.41, 5.74) is 1.16. The Morgan fingerprint density at radius 2 is 2.26 bits per heavy atom. The monoisotopic (exact) mass is 315 g/mol. The molecule has 0 aliphatic heterocycles. The molecule has 0 amide bonds. The number of ether oxygens (including phenoxy) is 1. The highest BCUT2D eigenvalue weighted by Crippen LogP contribution is 2.28. The van der Waals surface area contributed by atoms with Gasteiger partial charge in [0.15, 0.2) is 0 Å². The molecule has 3 rings (SSSR count). The lowest BCUT2D eigenvalue weighted by molar-refractivity contribution is 0.130. The molecule has 6 heteroatoms. The Morgan fingerprint density at radius 1 is 1.39 bits per heavy atom. The van der Waals surface area contributed by atoms with Crippen LogP contribution < -0.4 is 4.90 Å². The molecule has 124 valence electrons. The molecule has 1 aliphatic carbocycles. The molecule has 23 heavy (non-hydrogen) atoms. The zero-order chi connectivity index (χ0) is 16.1. The van der Waals surface area contributed by atoms with Crippen molar-refractivity contribution in [2.24, 2.45) is 13.0 Å². The van der Waals surface area contributed by atoms with E-state index in [2.05, 4.69) is 26.8 Å². The molecule has 0 radical (unpaired) electrons. The minimum absolute atomic E-state index is 0.722. The highest BCUT2D eigenvalue weighted by Gasteiger charge is 2.21. The molecule has 0 saturated heterocycles. The van der Waals surface area contributed by atoms with E-state index in [0.29, 0.717) is 0 Å². The van der Waals surface area contributed by atoms with Gasteiger partial charge in [0, 0.05) is 39.0 Å². The molecule has 2 aromatic heterocycles. The number of hydrogen-bond acceptors (Lipinski definition) is 5. The predicted molar refractivity (Wildman–Crippen MR) is 89.2 cm³/mol. The fourth-order valence-corrected chi connectivity index (χ4v) is 2.45. The van der Waals surface area contributed by atoms with Crippen LogP contribution in [0.5, 0.6) is 0 Å². The van der Waals surface area contributed by atoms with Crippen LogP contribution in [-0.2, 0) is 24.8 Å². The SMILES string of the molecule is CCc1nccc(N(CCOCC2CC2)Cc2cncn2C)n1. The van der Waals surface area contributed by atoms with Gasteiger partial charge < -0.3 is 14.2 Å². The minimum atomic E-state index is 0.722. The standard InChI is InChI=1S/C17H25N5O/c1-3-16-19-7-6-17(20-16)22(8-9-23-12-14-4-5-14)11-15-10-18-13-21(15)2/h6-7,10,13-14H,3-5,8-9,11-12H2,1-2H3. The maximum atomic E-state index is 5.81. The van der Waals surface area contributed by atoms with Gasteiger partial charge in [0.05, 0.1) is 25.2 Å². The average Bonchev–Trinajstić information content (AvgIpc) is 3.32. The second-order valence-electron chi connectivity index (χ2n) is 6.12. The van der Waals surface area contributed by atoms with Gasteiger partial charge in [0.2, 0.25) is 0 Å². The Bertz CT molecular complexity index is 623. The van der Waals surface area contributed by atoms with Crippen molar-refractivity contribution in [1.29, 1.82) is 0 Å². The number of nitrogens with zero attached hydrogens (tertiary/aromatic N) is 5. The van der Waals surface area contributed by atoms with Crippen molar-refractivity contribution < 1.29 is 4.74 Å². The highest BCUT2D eigenvalue weighted by molar-refractivity contribution is 5.38. The first-order valence-electron chi connectivity index (χ1n) is 8.36. The van der Waals surface area contributed by atoms with Crippen LogP contribution in [0.2, 0.25) is 0 Å². The molecule has 1 aliphatic rings. The number of imidazole rings is 1. The van der Waals surface area contributed by atoms with Crippen LogP contribution in [0, 0.1) is 5.92 Å². The maximum Gasteiger partial charge on any atom is 0.132 e. The maximum absolute atomic E-state index is 5.81. The fourth-order valence-electron chi connectivity index (χ4n) is 2.45. The largest absolute Gasteiger partial charge is 0.379 e. The summed E-state index contributed by atoms with van der Waals surface area (Å²) < 4.78 is 7.85. The Labute approximate surface area is 137 Å². The molecular formula is C17H25N5O. The van der Waals surface area contributed by atoms with Crippen molar-refractivity contribution in [3.8, 4) is 0 Å². The van der Waals surface area contributed by atoms with Crippen molar-refractivity contribution in [2.75, 3.05) is 24.7 Å². The second-order valence-corrected chi connectivity index (χ2v) is 6.12. The molecule has 0 unspecified atom stereocenters. The minimum Gasteiger partial charge on any atom is -0.379 e. The third-order valence-electron chi connectivity index (χ3n) is 4.16. The molecule has 1 fully saturated rings. The first-order chi connectivity index (χ1) is 11.3.